The fraction of sp³-hybridized carbons (Fsp3) is 0.385. The molecule has 2 fully saturated rings. The number of hydrogen-bond donors (Lipinski definition) is 0. The van der Waals surface area contributed by atoms with E-state index in [1.54, 1.807) is 17.9 Å². The van der Waals surface area contributed by atoms with Crippen LogP contribution in [0.25, 0.3) is 11.0 Å². The van der Waals surface area contributed by atoms with Crippen LogP contribution >= 0.6 is 0 Å². The molecule has 0 N–H and O–H groups in total. The molecule has 0 radical (unpaired) electrons. The van der Waals surface area contributed by atoms with Gasteiger partial charge in [0.15, 0.2) is 5.58 Å². The van der Waals surface area contributed by atoms with Crippen LogP contribution < -0.4 is 0 Å². The van der Waals surface area contributed by atoms with E-state index >= 15 is 0 Å². The highest BCUT2D eigenvalue weighted by atomic mass is 19.1. The number of carbonyl (C=O) groups excluding carboxylic acids is 3. The maximum Gasteiger partial charge on any atom is 0.240 e. The number of carbonyl (C=O) groups is 3. The number of benzene rings is 2. The summed E-state index contributed by atoms with van der Waals surface area (Å²) in [6.07, 6.45) is 1.67. The van der Waals surface area contributed by atoms with E-state index in [2.05, 4.69) is 5.16 Å². The first-order valence-electron chi connectivity index (χ1n) is 11.6. The van der Waals surface area contributed by atoms with Crippen molar-refractivity contribution in [3.05, 3.63) is 65.6 Å². The number of aromatic nitrogens is 1. The molecule has 34 heavy (non-hydrogen) atoms. The molecule has 0 bridgehead atoms. The van der Waals surface area contributed by atoms with E-state index in [0.717, 1.165) is 29.5 Å². The fourth-order valence-electron chi connectivity index (χ4n) is 5.14. The molecule has 7 nitrogen and oxygen atoms in total. The topological polar surface area (TPSA) is 83.7 Å². The predicted octanol–water partition coefficient (Wildman–Crippen LogP) is 3.78. The molecule has 0 aliphatic carbocycles. The highest BCUT2D eigenvalue weighted by Gasteiger charge is 2.49. The van der Waals surface area contributed by atoms with Crippen molar-refractivity contribution in [2.75, 3.05) is 19.6 Å². The third-order valence-electron chi connectivity index (χ3n) is 7.18. The number of piperidine rings is 1. The second-order valence-electron chi connectivity index (χ2n) is 9.34. The van der Waals surface area contributed by atoms with Gasteiger partial charge < -0.3 is 9.42 Å². The minimum Gasteiger partial charge on any atom is -0.356 e. The van der Waals surface area contributed by atoms with Crippen molar-refractivity contribution in [2.24, 2.45) is 0 Å². The Hall–Kier alpha value is -3.55. The maximum atomic E-state index is 13.4. The van der Waals surface area contributed by atoms with Crippen molar-refractivity contribution in [1.29, 1.82) is 0 Å². The van der Waals surface area contributed by atoms with Gasteiger partial charge in [0.25, 0.3) is 0 Å². The molecule has 1 aromatic heterocycles. The Bertz CT molecular complexity index is 1250. The zero-order chi connectivity index (χ0) is 23.9. The lowest BCUT2D eigenvalue weighted by molar-refractivity contribution is -0.140. The molecule has 0 saturated carbocycles. The monoisotopic (exact) mass is 463 g/mol. The molecule has 3 aromatic rings. The summed E-state index contributed by atoms with van der Waals surface area (Å²) in [6, 6.07) is 13.7. The third kappa shape index (κ3) is 3.87. The van der Waals surface area contributed by atoms with Gasteiger partial charge in [-0.05, 0) is 37.5 Å². The second-order valence-corrected chi connectivity index (χ2v) is 9.34. The number of halogens is 1. The molecule has 2 aliphatic heterocycles. The third-order valence-corrected chi connectivity index (χ3v) is 7.18. The number of amides is 3. The molecule has 5 rings (SSSR count). The van der Waals surface area contributed by atoms with Gasteiger partial charge in [-0.2, -0.15) is 0 Å². The first kappa shape index (κ1) is 22.3. The minimum atomic E-state index is -0.886. The predicted molar refractivity (Wildman–Crippen MR) is 122 cm³/mol. The molecule has 1 atom stereocenters. The van der Waals surface area contributed by atoms with E-state index in [9.17, 15) is 18.8 Å². The van der Waals surface area contributed by atoms with Gasteiger partial charge in [0.05, 0.1) is 11.1 Å². The van der Waals surface area contributed by atoms with Crippen LogP contribution in [0.1, 0.15) is 49.8 Å². The molecule has 2 saturated heterocycles. The van der Waals surface area contributed by atoms with Gasteiger partial charge >= 0.3 is 0 Å². The van der Waals surface area contributed by atoms with E-state index in [1.165, 1.54) is 17.0 Å². The van der Waals surface area contributed by atoms with Gasteiger partial charge in [-0.15, -0.1) is 0 Å². The van der Waals surface area contributed by atoms with Crippen molar-refractivity contribution in [2.45, 2.75) is 43.9 Å². The van der Waals surface area contributed by atoms with E-state index in [4.69, 9.17) is 4.52 Å². The first-order chi connectivity index (χ1) is 16.4. The van der Waals surface area contributed by atoms with Crippen molar-refractivity contribution in [3.8, 4) is 0 Å². The summed E-state index contributed by atoms with van der Waals surface area (Å²) < 4.78 is 18.7. The Morgan fingerprint density at radius 1 is 1.15 bits per heavy atom. The minimum absolute atomic E-state index is 0.0700. The number of imide groups is 1. The Balaban J connectivity index is 1.18. The Morgan fingerprint density at radius 3 is 2.62 bits per heavy atom. The highest BCUT2D eigenvalue weighted by Crippen LogP contribution is 2.36. The van der Waals surface area contributed by atoms with Crippen LogP contribution in [0.4, 0.5) is 4.39 Å². The molecule has 1 unspecified atom stereocenters. The normalized spacial score (nSPS) is 21.6. The summed E-state index contributed by atoms with van der Waals surface area (Å²) in [4.78, 5) is 41.5. The van der Waals surface area contributed by atoms with Gasteiger partial charge in [-0.1, -0.05) is 35.5 Å². The Labute approximate surface area is 196 Å². The van der Waals surface area contributed by atoms with E-state index in [0.29, 0.717) is 18.7 Å². The summed E-state index contributed by atoms with van der Waals surface area (Å²) in [6.45, 7) is 3.00. The zero-order valence-corrected chi connectivity index (χ0v) is 19.0. The van der Waals surface area contributed by atoms with E-state index in [1.807, 2.05) is 30.3 Å². The fourth-order valence-corrected chi connectivity index (χ4v) is 5.14. The number of hydrogen-bond acceptors (Lipinski definition) is 5. The summed E-state index contributed by atoms with van der Waals surface area (Å²) in [5.74, 6) is -0.792. The number of nitrogens with zero attached hydrogens (tertiary/aromatic N) is 3. The van der Waals surface area contributed by atoms with E-state index in [-0.39, 0.29) is 48.8 Å². The molecule has 3 heterocycles. The quantitative estimate of drug-likeness (QED) is 0.538. The molecular formula is C26H26FN3O4. The lowest BCUT2D eigenvalue weighted by Gasteiger charge is -2.31. The molecule has 0 spiro atoms. The van der Waals surface area contributed by atoms with Crippen LogP contribution in [0.5, 0.6) is 0 Å². The van der Waals surface area contributed by atoms with Gasteiger partial charge in [0.1, 0.15) is 5.82 Å². The Kier molecular flexibility index (Phi) is 5.67. The lowest BCUT2D eigenvalue weighted by Crippen LogP contribution is -2.41. The molecule has 2 aromatic carbocycles. The van der Waals surface area contributed by atoms with Crippen LogP contribution in [0.2, 0.25) is 0 Å². The molecular weight excluding hydrogens is 437 g/mol. The van der Waals surface area contributed by atoms with Crippen LogP contribution in [0.15, 0.2) is 53.1 Å². The van der Waals surface area contributed by atoms with Gasteiger partial charge in [-0.3, -0.25) is 19.3 Å². The molecule has 3 amide bonds. The summed E-state index contributed by atoms with van der Waals surface area (Å²) in [5.41, 5.74) is 1.15. The zero-order valence-electron chi connectivity index (χ0n) is 19.0. The summed E-state index contributed by atoms with van der Waals surface area (Å²) >= 11 is 0. The second kappa shape index (κ2) is 8.66. The smallest absolute Gasteiger partial charge is 0.240 e. The lowest BCUT2D eigenvalue weighted by atomic mass is 9.81. The standard InChI is InChI=1S/C26H26FN3O4/c1-26(18-5-3-2-4-6-18)16-23(32)30(25(26)33)14-11-22(31)29-12-9-17(10-13-29)24-20-8-7-19(27)15-21(20)34-28-24/h2-8,15,17H,9-14,16H2,1H3. The number of likely N-dealkylation sites (tertiary alicyclic amines) is 2. The van der Waals surface area contributed by atoms with Crippen molar-refractivity contribution in [3.63, 3.8) is 0 Å². The number of fused-ring (bicyclic) bond motifs is 1. The van der Waals surface area contributed by atoms with Crippen molar-refractivity contribution in [1.82, 2.24) is 15.0 Å². The first-order valence-corrected chi connectivity index (χ1v) is 11.6. The summed E-state index contributed by atoms with van der Waals surface area (Å²) in [7, 11) is 0. The van der Waals surface area contributed by atoms with Gasteiger partial charge in [0.2, 0.25) is 17.7 Å². The number of rotatable bonds is 5. The molecule has 2 aliphatic rings. The summed E-state index contributed by atoms with van der Waals surface area (Å²) in [5, 5.41) is 4.95. The van der Waals surface area contributed by atoms with Crippen LogP contribution in [0.3, 0.4) is 0 Å². The van der Waals surface area contributed by atoms with Crippen molar-refractivity contribution >= 4 is 28.7 Å². The Morgan fingerprint density at radius 2 is 1.88 bits per heavy atom. The molecule has 8 heteroatoms. The molecule has 176 valence electrons. The van der Waals surface area contributed by atoms with Gasteiger partial charge in [-0.25, -0.2) is 4.39 Å². The van der Waals surface area contributed by atoms with E-state index < -0.39 is 5.41 Å². The van der Waals surface area contributed by atoms with Crippen LogP contribution in [0, 0.1) is 5.82 Å². The maximum absolute atomic E-state index is 13.4. The largest absolute Gasteiger partial charge is 0.356 e. The van der Waals surface area contributed by atoms with Crippen molar-refractivity contribution < 1.29 is 23.3 Å². The van der Waals surface area contributed by atoms with Gasteiger partial charge in [0, 0.05) is 49.8 Å². The average molecular weight is 464 g/mol. The van der Waals surface area contributed by atoms with Crippen LogP contribution in [-0.2, 0) is 19.8 Å². The highest BCUT2D eigenvalue weighted by molar-refractivity contribution is 6.09. The SMILES string of the molecule is CC1(c2ccccc2)CC(=O)N(CCC(=O)N2CCC(c3noc4cc(F)ccc34)CC2)C1=O. The average Bonchev–Trinajstić information content (AvgIpc) is 3.36. The van der Waals surface area contributed by atoms with Crippen LogP contribution in [-0.4, -0.2) is 52.3 Å².